The molecule has 1 unspecified atom stereocenters. The first-order valence-corrected chi connectivity index (χ1v) is 8.11. The number of aryl methyl sites for hydroxylation is 2. The van der Waals surface area contributed by atoms with Gasteiger partial charge in [-0.15, -0.1) is 11.3 Å². The number of rotatable bonds is 2. The van der Waals surface area contributed by atoms with Crippen LogP contribution >= 0.6 is 23.1 Å². The molecule has 4 heteroatoms. The fourth-order valence-corrected chi connectivity index (χ4v) is 5.64. The van der Waals surface area contributed by atoms with E-state index in [-0.39, 0.29) is 11.0 Å². The second-order valence-corrected chi connectivity index (χ2v) is 7.81. The highest BCUT2D eigenvalue weighted by Gasteiger charge is 2.49. The minimum absolute atomic E-state index is 0.0413. The van der Waals surface area contributed by atoms with Crippen molar-refractivity contribution in [3.63, 3.8) is 0 Å². The summed E-state index contributed by atoms with van der Waals surface area (Å²) in [7, 11) is 2.08. The zero-order valence-corrected chi connectivity index (χ0v) is 13.0. The Bertz CT molecular complexity index is 392. The predicted octanol–water partition coefficient (Wildman–Crippen LogP) is 3.34. The minimum atomic E-state index is 0.0413. The number of hydrogen-bond acceptors (Lipinski definition) is 4. The van der Waals surface area contributed by atoms with Gasteiger partial charge < -0.3 is 5.32 Å². The van der Waals surface area contributed by atoms with Crippen molar-refractivity contribution < 1.29 is 0 Å². The molecule has 0 radical (unpaired) electrons. The normalized spacial score (nSPS) is 28.3. The summed E-state index contributed by atoms with van der Waals surface area (Å²) in [6, 6.07) is 0. The van der Waals surface area contributed by atoms with E-state index in [1.54, 1.807) is 0 Å². The summed E-state index contributed by atoms with van der Waals surface area (Å²) in [5.41, 5.74) is 1.49. The lowest BCUT2D eigenvalue weighted by Gasteiger charge is -2.48. The molecular weight excluding hydrogens is 248 g/mol. The van der Waals surface area contributed by atoms with E-state index in [0.29, 0.717) is 0 Å². The van der Waals surface area contributed by atoms with Gasteiger partial charge in [0.25, 0.3) is 0 Å². The van der Waals surface area contributed by atoms with E-state index in [9.17, 15) is 0 Å². The lowest BCUT2D eigenvalue weighted by molar-refractivity contribution is 0.138. The van der Waals surface area contributed by atoms with Crippen LogP contribution in [0.5, 0.6) is 0 Å². The molecule has 17 heavy (non-hydrogen) atoms. The zero-order chi connectivity index (χ0) is 12.7. The van der Waals surface area contributed by atoms with E-state index in [2.05, 4.69) is 40.1 Å². The molecule has 96 valence electrons. The molecule has 1 aliphatic heterocycles. The highest BCUT2D eigenvalue weighted by Crippen LogP contribution is 2.49. The third-order valence-corrected chi connectivity index (χ3v) is 6.53. The molecule has 1 atom stereocenters. The second-order valence-electron chi connectivity index (χ2n) is 5.50. The van der Waals surface area contributed by atoms with Crippen LogP contribution in [-0.4, -0.2) is 23.5 Å². The van der Waals surface area contributed by atoms with Crippen molar-refractivity contribution in [2.24, 2.45) is 5.41 Å². The Labute approximate surface area is 113 Å². The monoisotopic (exact) mass is 270 g/mol. The average molecular weight is 270 g/mol. The van der Waals surface area contributed by atoms with Gasteiger partial charge in [0.1, 0.15) is 5.01 Å². The number of hydrogen-bond donors (Lipinski definition) is 1. The molecule has 1 aliphatic rings. The van der Waals surface area contributed by atoms with Crippen LogP contribution in [0.4, 0.5) is 0 Å². The highest BCUT2D eigenvalue weighted by atomic mass is 32.2. The van der Waals surface area contributed by atoms with Gasteiger partial charge in [0.15, 0.2) is 0 Å². The third-order valence-electron chi connectivity index (χ3n) is 4.17. The van der Waals surface area contributed by atoms with Gasteiger partial charge in [0, 0.05) is 10.6 Å². The number of nitrogens with zero attached hydrogens (tertiary/aromatic N) is 1. The largest absolute Gasteiger partial charge is 0.307 e. The summed E-state index contributed by atoms with van der Waals surface area (Å²) in [6.45, 7) is 9.02. The lowest BCUT2D eigenvalue weighted by Crippen LogP contribution is -2.56. The third kappa shape index (κ3) is 2.04. The van der Waals surface area contributed by atoms with Crippen LogP contribution in [0.2, 0.25) is 0 Å². The van der Waals surface area contributed by atoms with Crippen molar-refractivity contribution in [3.8, 4) is 0 Å². The molecule has 0 aromatic carbocycles. The molecule has 0 aliphatic carbocycles. The van der Waals surface area contributed by atoms with Crippen LogP contribution < -0.4 is 5.32 Å². The molecule has 1 N–H and O–H groups in total. The van der Waals surface area contributed by atoms with Gasteiger partial charge >= 0.3 is 0 Å². The van der Waals surface area contributed by atoms with Gasteiger partial charge in [-0.25, -0.2) is 4.98 Å². The van der Waals surface area contributed by atoms with E-state index >= 15 is 0 Å². The molecule has 2 heterocycles. The van der Waals surface area contributed by atoms with Crippen LogP contribution in [-0.2, 0) is 5.54 Å². The number of nitrogens with one attached hydrogen (secondary N) is 1. The van der Waals surface area contributed by atoms with E-state index < -0.39 is 0 Å². The fourth-order valence-electron chi connectivity index (χ4n) is 2.49. The Kier molecular flexibility index (Phi) is 3.59. The molecule has 1 fully saturated rings. The van der Waals surface area contributed by atoms with Crippen molar-refractivity contribution in [1.82, 2.24) is 10.3 Å². The maximum atomic E-state index is 4.82. The first-order valence-electron chi connectivity index (χ1n) is 6.14. The molecule has 0 saturated carbocycles. The predicted molar refractivity (Wildman–Crippen MR) is 78.0 cm³/mol. The second kappa shape index (κ2) is 4.56. The standard InChI is InChI=1S/C13H22N2S2/c1-9-10(2)17-11(15-9)13(14-5)8-16-7-6-12(13,3)4/h14H,6-8H2,1-5H3. The Morgan fingerprint density at radius 2 is 2.00 bits per heavy atom. The lowest BCUT2D eigenvalue weighted by atomic mass is 9.71. The molecular formula is C13H22N2S2. The summed E-state index contributed by atoms with van der Waals surface area (Å²) in [5.74, 6) is 2.39. The molecule has 0 spiro atoms. The highest BCUT2D eigenvalue weighted by molar-refractivity contribution is 7.99. The van der Waals surface area contributed by atoms with E-state index in [0.717, 1.165) is 5.75 Å². The molecule has 0 amide bonds. The van der Waals surface area contributed by atoms with Crippen LogP contribution in [0, 0.1) is 19.3 Å². The van der Waals surface area contributed by atoms with Crippen molar-refractivity contribution in [1.29, 1.82) is 0 Å². The Morgan fingerprint density at radius 1 is 1.29 bits per heavy atom. The SMILES string of the molecule is CNC1(c2nc(C)c(C)s2)CSCCC1(C)C. The summed E-state index contributed by atoms with van der Waals surface area (Å²) in [5, 5.41) is 4.86. The van der Waals surface area contributed by atoms with Gasteiger partial charge in [-0.05, 0) is 38.5 Å². The maximum absolute atomic E-state index is 4.82. The van der Waals surface area contributed by atoms with Crippen LogP contribution in [0.1, 0.15) is 35.8 Å². The van der Waals surface area contributed by atoms with Crippen LogP contribution in [0.15, 0.2) is 0 Å². The molecule has 2 rings (SSSR count). The Balaban J connectivity index is 2.49. The number of thioether (sulfide) groups is 1. The zero-order valence-electron chi connectivity index (χ0n) is 11.4. The molecule has 0 bridgehead atoms. The maximum Gasteiger partial charge on any atom is 0.115 e. The summed E-state index contributed by atoms with van der Waals surface area (Å²) in [4.78, 5) is 6.16. The number of thiazole rings is 1. The van der Waals surface area contributed by atoms with Crippen LogP contribution in [0.25, 0.3) is 0 Å². The van der Waals surface area contributed by atoms with Gasteiger partial charge in [-0.3, -0.25) is 0 Å². The summed E-state index contributed by atoms with van der Waals surface area (Å²) in [6.07, 6.45) is 1.25. The van der Waals surface area contributed by atoms with Gasteiger partial charge in [0.05, 0.1) is 11.2 Å². The van der Waals surface area contributed by atoms with Crippen molar-refractivity contribution >= 4 is 23.1 Å². The van der Waals surface area contributed by atoms with Crippen molar-refractivity contribution in [2.45, 2.75) is 39.7 Å². The first-order chi connectivity index (χ1) is 7.93. The summed E-state index contributed by atoms with van der Waals surface area (Å²) < 4.78 is 0. The summed E-state index contributed by atoms with van der Waals surface area (Å²) >= 11 is 3.90. The first kappa shape index (κ1) is 13.4. The van der Waals surface area contributed by atoms with E-state index in [1.807, 2.05) is 23.1 Å². The molecule has 1 aromatic rings. The smallest absolute Gasteiger partial charge is 0.115 e. The fraction of sp³-hybridized carbons (Fsp3) is 0.769. The van der Waals surface area contributed by atoms with Crippen molar-refractivity contribution in [3.05, 3.63) is 15.6 Å². The van der Waals surface area contributed by atoms with Crippen LogP contribution in [0.3, 0.4) is 0 Å². The van der Waals surface area contributed by atoms with E-state index in [1.165, 1.54) is 27.8 Å². The van der Waals surface area contributed by atoms with E-state index in [4.69, 9.17) is 4.98 Å². The van der Waals surface area contributed by atoms with Gasteiger partial charge in [-0.1, -0.05) is 13.8 Å². The molecule has 2 nitrogen and oxygen atoms in total. The van der Waals surface area contributed by atoms with Gasteiger partial charge in [0.2, 0.25) is 0 Å². The number of aromatic nitrogens is 1. The Hall–Kier alpha value is -0.0600. The average Bonchev–Trinajstić information content (AvgIpc) is 2.59. The van der Waals surface area contributed by atoms with Gasteiger partial charge in [-0.2, -0.15) is 11.8 Å². The quantitative estimate of drug-likeness (QED) is 0.892. The molecule has 1 saturated heterocycles. The molecule has 1 aromatic heterocycles. The topological polar surface area (TPSA) is 24.9 Å². The minimum Gasteiger partial charge on any atom is -0.307 e. The van der Waals surface area contributed by atoms with Crippen molar-refractivity contribution in [2.75, 3.05) is 18.6 Å². The Morgan fingerprint density at radius 3 is 2.47 bits per heavy atom.